The van der Waals surface area contributed by atoms with Crippen molar-refractivity contribution in [2.24, 2.45) is 11.7 Å². The van der Waals surface area contributed by atoms with Crippen molar-refractivity contribution in [2.45, 2.75) is 50.6 Å². The van der Waals surface area contributed by atoms with Crippen molar-refractivity contribution in [1.82, 2.24) is 10.3 Å². The standard InChI is InChI=1S/C24H25F4N5O/c1-13(14-2-3-14)32-23(34)18-11-31-19(10-29)21(15-6-16(25)8-17(26)7-15)22(18)33-5-4-24(30,12-33)9-20(27)28/h6-8,11,13-14,20H,2-5,9,12,30H2,1H3,(H,32,34)/t13-,24+/m0/s1. The van der Waals surface area contributed by atoms with Crippen LogP contribution >= 0.6 is 0 Å². The molecule has 3 N–H and O–H groups in total. The second-order valence-corrected chi connectivity index (χ2v) is 9.24. The van der Waals surface area contributed by atoms with E-state index < -0.39 is 35.9 Å². The van der Waals surface area contributed by atoms with Crippen molar-refractivity contribution in [3.8, 4) is 17.2 Å². The molecule has 6 nitrogen and oxygen atoms in total. The van der Waals surface area contributed by atoms with Gasteiger partial charge in [-0.1, -0.05) is 0 Å². The molecule has 2 fully saturated rings. The molecule has 1 aliphatic carbocycles. The molecule has 1 aromatic carbocycles. The fraction of sp³-hybridized carbons (Fsp3) is 0.458. The zero-order chi connectivity index (χ0) is 24.6. The average Bonchev–Trinajstić information content (AvgIpc) is 3.54. The highest BCUT2D eigenvalue weighted by Gasteiger charge is 2.40. The van der Waals surface area contributed by atoms with Gasteiger partial charge in [-0.3, -0.25) is 4.79 Å². The molecule has 0 spiro atoms. The maximum absolute atomic E-state index is 14.1. The number of halogens is 4. The van der Waals surface area contributed by atoms with Crippen LogP contribution in [0.25, 0.3) is 11.1 Å². The summed E-state index contributed by atoms with van der Waals surface area (Å²) in [7, 11) is 0. The minimum absolute atomic E-state index is 0.0184. The van der Waals surface area contributed by atoms with Crippen LogP contribution in [-0.2, 0) is 0 Å². The fourth-order valence-electron chi connectivity index (χ4n) is 4.61. The van der Waals surface area contributed by atoms with Crippen molar-refractivity contribution >= 4 is 11.6 Å². The number of hydrogen-bond donors (Lipinski definition) is 2. The van der Waals surface area contributed by atoms with Crippen LogP contribution in [0.1, 0.15) is 48.7 Å². The molecule has 1 saturated carbocycles. The highest BCUT2D eigenvalue weighted by molar-refractivity contribution is 6.04. The number of nitrogens with zero attached hydrogens (tertiary/aromatic N) is 3. The summed E-state index contributed by atoms with van der Waals surface area (Å²) >= 11 is 0. The third-order valence-corrected chi connectivity index (χ3v) is 6.50. The van der Waals surface area contributed by atoms with E-state index in [4.69, 9.17) is 5.73 Å². The van der Waals surface area contributed by atoms with E-state index in [1.165, 1.54) is 6.20 Å². The number of hydrogen-bond acceptors (Lipinski definition) is 5. The van der Waals surface area contributed by atoms with Gasteiger partial charge in [0, 0.05) is 48.9 Å². The van der Waals surface area contributed by atoms with Gasteiger partial charge in [0.2, 0.25) is 6.43 Å². The number of nitrogens with two attached hydrogens (primary N) is 1. The highest BCUT2D eigenvalue weighted by Crippen LogP contribution is 2.41. The molecule has 4 rings (SSSR count). The number of amides is 1. The number of carbonyl (C=O) groups excluding carboxylic acids is 1. The summed E-state index contributed by atoms with van der Waals surface area (Å²) in [5.74, 6) is -1.83. The molecule has 1 aromatic heterocycles. The van der Waals surface area contributed by atoms with Gasteiger partial charge in [-0.15, -0.1) is 0 Å². The van der Waals surface area contributed by atoms with Crippen molar-refractivity contribution in [1.29, 1.82) is 5.26 Å². The third-order valence-electron chi connectivity index (χ3n) is 6.50. The lowest BCUT2D eigenvalue weighted by Crippen LogP contribution is -2.44. The summed E-state index contributed by atoms with van der Waals surface area (Å²) in [6, 6.07) is 4.60. The van der Waals surface area contributed by atoms with Crippen LogP contribution in [0, 0.1) is 28.9 Å². The number of nitrogens with one attached hydrogen (secondary N) is 1. The molecular weight excluding hydrogens is 450 g/mol. The summed E-state index contributed by atoms with van der Waals surface area (Å²) in [5, 5.41) is 12.6. The Morgan fingerprint density at radius 2 is 2.00 bits per heavy atom. The quantitative estimate of drug-likeness (QED) is 0.591. The maximum Gasteiger partial charge on any atom is 0.255 e. The third kappa shape index (κ3) is 4.99. The number of benzene rings is 1. The van der Waals surface area contributed by atoms with Crippen molar-refractivity contribution in [2.75, 3.05) is 18.0 Å². The van der Waals surface area contributed by atoms with Crippen LogP contribution in [0.15, 0.2) is 24.4 Å². The fourth-order valence-corrected chi connectivity index (χ4v) is 4.61. The Balaban J connectivity index is 1.85. The van der Waals surface area contributed by atoms with Crippen LogP contribution in [-0.4, -0.2) is 42.0 Å². The zero-order valence-electron chi connectivity index (χ0n) is 18.6. The van der Waals surface area contributed by atoms with Crippen molar-refractivity contribution in [3.05, 3.63) is 47.3 Å². The van der Waals surface area contributed by atoms with Gasteiger partial charge in [0.15, 0.2) is 0 Å². The van der Waals surface area contributed by atoms with Crippen LogP contribution in [0.2, 0.25) is 0 Å². The monoisotopic (exact) mass is 475 g/mol. The molecule has 34 heavy (non-hydrogen) atoms. The Hall–Kier alpha value is -3.19. The molecule has 2 atom stereocenters. The average molecular weight is 475 g/mol. The van der Waals surface area contributed by atoms with Gasteiger partial charge in [0.1, 0.15) is 23.4 Å². The van der Waals surface area contributed by atoms with Crippen LogP contribution in [0.5, 0.6) is 0 Å². The van der Waals surface area contributed by atoms with Gasteiger partial charge >= 0.3 is 0 Å². The summed E-state index contributed by atoms with van der Waals surface area (Å²) in [5.41, 5.74) is 5.24. The van der Waals surface area contributed by atoms with Gasteiger partial charge in [0.25, 0.3) is 5.91 Å². The lowest BCUT2D eigenvalue weighted by molar-refractivity contribution is 0.0935. The number of carbonyl (C=O) groups is 1. The van der Waals surface area contributed by atoms with Gasteiger partial charge in [-0.2, -0.15) is 5.26 Å². The Bertz CT molecular complexity index is 1130. The topological polar surface area (TPSA) is 95.0 Å². The SMILES string of the molecule is C[C@H](NC(=O)c1cnc(C#N)c(-c2cc(F)cc(F)c2)c1N1CC[C@@](N)(CC(F)F)C1)C1CC1. The van der Waals surface area contributed by atoms with Gasteiger partial charge in [-0.05, 0) is 49.8 Å². The first-order valence-electron chi connectivity index (χ1n) is 11.1. The summed E-state index contributed by atoms with van der Waals surface area (Å²) < 4.78 is 54.5. The number of pyridine rings is 1. The van der Waals surface area contributed by atoms with Crippen LogP contribution < -0.4 is 16.0 Å². The normalized spacial score (nSPS) is 20.9. The largest absolute Gasteiger partial charge is 0.368 e. The molecule has 1 aliphatic heterocycles. The van der Waals surface area contributed by atoms with E-state index in [1.54, 1.807) is 4.90 Å². The van der Waals surface area contributed by atoms with E-state index in [0.29, 0.717) is 12.0 Å². The molecule has 1 saturated heterocycles. The van der Waals surface area contributed by atoms with Gasteiger partial charge < -0.3 is 16.0 Å². The Morgan fingerprint density at radius 3 is 2.59 bits per heavy atom. The van der Waals surface area contributed by atoms with E-state index in [0.717, 1.165) is 25.0 Å². The van der Waals surface area contributed by atoms with E-state index in [1.807, 2.05) is 13.0 Å². The summed E-state index contributed by atoms with van der Waals surface area (Å²) in [6.45, 7) is 2.09. The minimum Gasteiger partial charge on any atom is -0.368 e. The number of rotatable bonds is 7. The van der Waals surface area contributed by atoms with Gasteiger partial charge in [-0.25, -0.2) is 22.5 Å². The maximum atomic E-state index is 14.1. The number of aromatic nitrogens is 1. The smallest absolute Gasteiger partial charge is 0.255 e. The van der Waals surface area contributed by atoms with Gasteiger partial charge in [0.05, 0.1) is 11.3 Å². The predicted molar refractivity (Wildman–Crippen MR) is 118 cm³/mol. The molecular formula is C24H25F4N5O. The van der Waals surface area contributed by atoms with E-state index in [-0.39, 0.29) is 53.6 Å². The lowest BCUT2D eigenvalue weighted by Gasteiger charge is -2.28. The molecule has 0 radical (unpaired) electrons. The molecule has 0 bridgehead atoms. The van der Waals surface area contributed by atoms with Crippen LogP contribution in [0.3, 0.4) is 0 Å². The second kappa shape index (κ2) is 9.22. The van der Waals surface area contributed by atoms with Crippen LogP contribution in [0.4, 0.5) is 23.2 Å². The molecule has 2 aliphatic rings. The Labute approximate surface area is 194 Å². The number of alkyl halides is 2. The van der Waals surface area contributed by atoms with Crippen molar-refractivity contribution < 1.29 is 22.4 Å². The first kappa shape index (κ1) is 24.0. The van der Waals surface area contributed by atoms with E-state index in [9.17, 15) is 27.6 Å². The first-order valence-corrected chi connectivity index (χ1v) is 11.1. The lowest BCUT2D eigenvalue weighted by atomic mass is 9.95. The number of nitriles is 1. The van der Waals surface area contributed by atoms with E-state index in [2.05, 4.69) is 10.3 Å². The predicted octanol–water partition coefficient (Wildman–Crippen LogP) is 3.99. The number of anilines is 1. The first-order chi connectivity index (χ1) is 16.1. The zero-order valence-corrected chi connectivity index (χ0v) is 18.6. The molecule has 180 valence electrons. The Morgan fingerprint density at radius 1 is 1.32 bits per heavy atom. The summed E-state index contributed by atoms with van der Waals surface area (Å²) in [6.07, 6.45) is 0.316. The second-order valence-electron chi connectivity index (χ2n) is 9.24. The summed E-state index contributed by atoms with van der Waals surface area (Å²) in [4.78, 5) is 19.0. The molecule has 2 heterocycles. The Kier molecular flexibility index (Phi) is 6.49. The molecule has 1 amide bonds. The van der Waals surface area contributed by atoms with E-state index >= 15 is 0 Å². The highest BCUT2D eigenvalue weighted by atomic mass is 19.3. The van der Waals surface area contributed by atoms with Crippen molar-refractivity contribution in [3.63, 3.8) is 0 Å². The molecule has 2 aromatic rings. The minimum atomic E-state index is -2.61. The molecule has 0 unspecified atom stereocenters. The molecule has 10 heteroatoms.